The van der Waals surface area contributed by atoms with E-state index in [0.717, 1.165) is 22.3 Å². The summed E-state index contributed by atoms with van der Waals surface area (Å²) in [5.74, 6) is -0.395. The predicted octanol–water partition coefficient (Wildman–Crippen LogP) is 6.03. The Morgan fingerprint density at radius 2 is 1.27 bits per heavy atom. The Labute approximate surface area is 194 Å². The highest BCUT2D eigenvalue weighted by Crippen LogP contribution is 2.21. The van der Waals surface area contributed by atoms with Crippen LogP contribution in [0.1, 0.15) is 34.5 Å². The van der Waals surface area contributed by atoms with Crippen molar-refractivity contribution < 1.29 is 9.59 Å². The van der Waals surface area contributed by atoms with Crippen LogP contribution in [-0.2, 0) is 11.2 Å². The summed E-state index contributed by atoms with van der Waals surface area (Å²) in [5.41, 5.74) is 5.11. The van der Waals surface area contributed by atoms with E-state index in [-0.39, 0.29) is 24.3 Å². The summed E-state index contributed by atoms with van der Waals surface area (Å²) < 4.78 is 0. The van der Waals surface area contributed by atoms with E-state index in [1.54, 1.807) is 18.2 Å². The number of carbonyl (C=O) groups is 2. The molecule has 0 aromatic heterocycles. The Hall–Kier alpha value is -4.18. The molecule has 0 bridgehead atoms. The zero-order valence-corrected chi connectivity index (χ0v) is 18.5. The Bertz CT molecular complexity index is 1220. The third kappa shape index (κ3) is 5.74. The molecule has 2 amide bonds. The van der Waals surface area contributed by atoms with E-state index < -0.39 is 0 Å². The van der Waals surface area contributed by atoms with Crippen LogP contribution in [0.25, 0.3) is 11.1 Å². The van der Waals surface area contributed by atoms with Gasteiger partial charge in [-0.3, -0.25) is 9.59 Å². The topological polar surface area (TPSA) is 58.2 Å². The van der Waals surface area contributed by atoms with Crippen LogP contribution in [0.5, 0.6) is 0 Å². The van der Waals surface area contributed by atoms with Gasteiger partial charge in [-0.25, -0.2) is 0 Å². The van der Waals surface area contributed by atoms with Gasteiger partial charge in [0.05, 0.1) is 23.7 Å². The zero-order valence-electron chi connectivity index (χ0n) is 18.5. The van der Waals surface area contributed by atoms with Gasteiger partial charge < -0.3 is 10.6 Å². The number of rotatable bonds is 7. The van der Waals surface area contributed by atoms with Crippen molar-refractivity contribution in [3.8, 4) is 11.1 Å². The van der Waals surface area contributed by atoms with E-state index in [4.69, 9.17) is 0 Å². The highest BCUT2D eigenvalue weighted by Gasteiger charge is 2.16. The molecule has 0 aliphatic rings. The number of benzene rings is 4. The van der Waals surface area contributed by atoms with E-state index >= 15 is 0 Å². The molecular formula is C29H26N2O2. The molecule has 4 aromatic rings. The fourth-order valence-electron chi connectivity index (χ4n) is 3.72. The van der Waals surface area contributed by atoms with Gasteiger partial charge in [0.2, 0.25) is 5.91 Å². The minimum absolute atomic E-state index is 0.148. The monoisotopic (exact) mass is 434 g/mol. The number of para-hydroxylation sites is 1. The van der Waals surface area contributed by atoms with E-state index in [1.807, 2.05) is 85.8 Å². The van der Waals surface area contributed by atoms with Gasteiger partial charge in [0.1, 0.15) is 0 Å². The van der Waals surface area contributed by atoms with Crippen LogP contribution in [0.3, 0.4) is 0 Å². The molecule has 4 aromatic carbocycles. The van der Waals surface area contributed by atoms with Gasteiger partial charge in [-0.2, -0.15) is 0 Å². The number of amides is 2. The fourth-order valence-corrected chi connectivity index (χ4v) is 3.72. The summed E-state index contributed by atoms with van der Waals surface area (Å²) in [6.45, 7) is 1.94. The van der Waals surface area contributed by atoms with Gasteiger partial charge in [-0.15, -0.1) is 0 Å². The van der Waals surface area contributed by atoms with Crippen molar-refractivity contribution in [2.24, 2.45) is 0 Å². The largest absolute Gasteiger partial charge is 0.345 e. The molecule has 1 atom stereocenters. The lowest BCUT2D eigenvalue weighted by Gasteiger charge is -2.16. The van der Waals surface area contributed by atoms with E-state index in [9.17, 15) is 9.59 Å². The van der Waals surface area contributed by atoms with E-state index in [2.05, 4.69) is 22.8 Å². The van der Waals surface area contributed by atoms with Crippen LogP contribution in [-0.4, -0.2) is 11.8 Å². The van der Waals surface area contributed by atoms with Crippen LogP contribution in [0.2, 0.25) is 0 Å². The van der Waals surface area contributed by atoms with Crippen molar-refractivity contribution in [1.82, 2.24) is 5.32 Å². The molecule has 0 radical (unpaired) electrons. The molecule has 0 saturated heterocycles. The van der Waals surface area contributed by atoms with Crippen molar-refractivity contribution >= 4 is 17.5 Å². The first kappa shape index (κ1) is 22.0. The predicted molar refractivity (Wildman–Crippen MR) is 133 cm³/mol. The van der Waals surface area contributed by atoms with Gasteiger partial charge in [-0.1, -0.05) is 97.1 Å². The Morgan fingerprint density at radius 1 is 0.697 bits per heavy atom. The highest BCUT2D eigenvalue weighted by atomic mass is 16.2. The molecule has 4 rings (SSSR count). The second kappa shape index (κ2) is 10.4. The molecule has 2 N–H and O–H groups in total. The molecule has 4 heteroatoms. The van der Waals surface area contributed by atoms with Gasteiger partial charge in [0, 0.05) is 0 Å². The zero-order chi connectivity index (χ0) is 23.0. The molecule has 0 spiro atoms. The first-order valence-electron chi connectivity index (χ1n) is 11.0. The average Bonchev–Trinajstić information content (AvgIpc) is 2.86. The molecule has 0 unspecified atom stereocenters. The third-order valence-corrected chi connectivity index (χ3v) is 5.52. The second-order valence-electron chi connectivity index (χ2n) is 7.94. The summed E-state index contributed by atoms with van der Waals surface area (Å²) in [5, 5.41) is 5.91. The molecule has 0 fully saturated rings. The van der Waals surface area contributed by atoms with Crippen LogP contribution >= 0.6 is 0 Å². The van der Waals surface area contributed by atoms with Crippen LogP contribution in [0, 0.1) is 0 Å². The molecule has 4 nitrogen and oxygen atoms in total. The maximum absolute atomic E-state index is 12.9. The SMILES string of the molecule is C[C@H](NC(=O)c1ccccc1NC(=O)Cc1ccc(-c2ccccc2)cc1)c1ccccc1. The first-order chi connectivity index (χ1) is 16.1. The van der Waals surface area contributed by atoms with Gasteiger partial charge >= 0.3 is 0 Å². The number of anilines is 1. The molecule has 0 aliphatic heterocycles. The van der Waals surface area contributed by atoms with Crippen LogP contribution < -0.4 is 10.6 Å². The molecule has 0 saturated carbocycles. The molecule has 0 heterocycles. The summed E-state index contributed by atoms with van der Waals surface area (Å²) in [6, 6.07) is 34.8. The van der Waals surface area contributed by atoms with E-state index in [1.165, 1.54) is 0 Å². The Morgan fingerprint density at radius 3 is 1.97 bits per heavy atom. The second-order valence-corrected chi connectivity index (χ2v) is 7.94. The summed E-state index contributed by atoms with van der Waals surface area (Å²) >= 11 is 0. The van der Waals surface area contributed by atoms with Crippen molar-refractivity contribution in [3.05, 3.63) is 126 Å². The Kier molecular flexibility index (Phi) is 6.96. The van der Waals surface area contributed by atoms with Gasteiger partial charge in [-0.05, 0) is 41.3 Å². The standard InChI is InChI=1S/C29H26N2O2/c1-21(23-10-4-2-5-11-23)30-29(33)26-14-8-9-15-27(26)31-28(32)20-22-16-18-25(19-17-22)24-12-6-3-7-13-24/h2-19,21H,20H2,1H3,(H,30,33)(H,31,32)/t21-/m0/s1. The lowest BCUT2D eigenvalue weighted by molar-refractivity contribution is -0.115. The molecule has 0 aliphatic carbocycles. The third-order valence-electron chi connectivity index (χ3n) is 5.52. The van der Waals surface area contributed by atoms with Crippen LogP contribution in [0.4, 0.5) is 5.69 Å². The smallest absolute Gasteiger partial charge is 0.253 e. The first-order valence-corrected chi connectivity index (χ1v) is 11.0. The maximum atomic E-state index is 12.9. The number of nitrogens with one attached hydrogen (secondary N) is 2. The number of carbonyl (C=O) groups excluding carboxylic acids is 2. The minimum atomic E-state index is -0.227. The minimum Gasteiger partial charge on any atom is -0.345 e. The number of hydrogen-bond donors (Lipinski definition) is 2. The maximum Gasteiger partial charge on any atom is 0.253 e. The lowest BCUT2D eigenvalue weighted by atomic mass is 10.0. The molecule has 164 valence electrons. The van der Waals surface area contributed by atoms with Gasteiger partial charge in [0.25, 0.3) is 5.91 Å². The van der Waals surface area contributed by atoms with Crippen LogP contribution in [0.15, 0.2) is 109 Å². The van der Waals surface area contributed by atoms with Crippen molar-refractivity contribution in [1.29, 1.82) is 0 Å². The summed E-state index contributed by atoms with van der Waals surface area (Å²) in [6.07, 6.45) is 0.228. The number of hydrogen-bond acceptors (Lipinski definition) is 2. The van der Waals surface area contributed by atoms with E-state index in [0.29, 0.717) is 11.3 Å². The van der Waals surface area contributed by atoms with Crippen molar-refractivity contribution in [2.45, 2.75) is 19.4 Å². The summed E-state index contributed by atoms with van der Waals surface area (Å²) in [7, 11) is 0. The quantitative estimate of drug-likeness (QED) is 0.373. The molecule has 33 heavy (non-hydrogen) atoms. The lowest BCUT2D eigenvalue weighted by Crippen LogP contribution is -2.28. The van der Waals surface area contributed by atoms with Crippen molar-refractivity contribution in [3.63, 3.8) is 0 Å². The van der Waals surface area contributed by atoms with Crippen molar-refractivity contribution in [2.75, 3.05) is 5.32 Å². The fraction of sp³-hybridized carbons (Fsp3) is 0.103. The normalized spacial score (nSPS) is 11.4. The average molecular weight is 435 g/mol. The van der Waals surface area contributed by atoms with Gasteiger partial charge in [0.15, 0.2) is 0 Å². The highest BCUT2D eigenvalue weighted by molar-refractivity contribution is 6.04. The molecular weight excluding hydrogens is 408 g/mol. The Balaban J connectivity index is 1.41. The summed E-state index contributed by atoms with van der Waals surface area (Å²) in [4.78, 5) is 25.6.